The van der Waals surface area contributed by atoms with Gasteiger partial charge in [-0.2, -0.15) is 0 Å². The van der Waals surface area contributed by atoms with E-state index in [0.717, 1.165) is 17.1 Å². The van der Waals surface area contributed by atoms with Gasteiger partial charge in [-0.25, -0.2) is 0 Å². The molecule has 0 saturated heterocycles. The van der Waals surface area contributed by atoms with Gasteiger partial charge in [-0.3, -0.25) is 0 Å². The van der Waals surface area contributed by atoms with Crippen LogP contribution in [-0.2, 0) is 6.42 Å². The molecule has 0 amide bonds. The standard InChI is InChI=1S/C25H36N2O6/c1-17(2)27-14-19(28)12-18-8-9-21-24(13-18)32-16-20(33-21)15-26-10-11-31-25-22(29-3)6-5-7-23(25)30-4/h5-9,13,17,19-20,26-28H,10-12,14-16H2,1-4H3. The van der Waals surface area contributed by atoms with E-state index in [1.54, 1.807) is 14.2 Å². The monoisotopic (exact) mass is 460 g/mol. The lowest BCUT2D eigenvalue weighted by Gasteiger charge is -2.27. The lowest BCUT2D eigenvalue weighted by Crippen LogP contribution is -2.39. The maximum Gasteiger partial charge on any atom is 0.203 e. The van der Waals surface area contributed by atoms with Gasteiger partial charge in [0.25, 0.3) is 0 Å². The molecule has 0 saturated carbocycles. The van der Waals surface area contributed by atoms with Gasteiger partial charge in [0, 0.05) is 25.7 Å². The largest absolute Gasteiger partial charge is 0.493 e. The molecule has 2 aromatic rings. The van der Waals surface area contributed by atoms with Crippen molar-refractivity contribution in [3.63, 3.8) is 0 Å². The Morgan fingerprint density at radius 2 is 1.85 bits per heavy atom. The first-order valence-corrected chi connectivity index (χ1v) is 11.4. The number of benzene rings is 2. The number of methoxy groups -OCH3 is 2. The van der Waals surface area contributed by atoms with Crippen LogP contribution in [-0.4, -0.2) is 70.4 Å². The molecule has 0 aliphatic carbocycles. The third-order valence-corrected chi connectivity index (χ3v) is 5.24. The Balaban J connectivity index is 1.41. The molecule has 0 radical (unpaired) electrons. The van der Waals surface area contributed by atoms with Crippen LogP contribution in [0.2, 0.25) is 0 Å². The van der Waals surface area contributed by atoms with Crippen LogP contribution in [0.15, 0.2) is 36.4 Å². The molecular formula is C25H36N2O6. The second-order valence-corrected chi connectivity index (χ2v) is 8.30. The number of nitrogens with one attached hydrogen (secondary N) is 2. The van der Waals surface area contributed by atoms with Crippen molar-refractivity contribution in [1.82, 2.24) is 10.6 Å². The summed E-state index contributed by atoms with van der Waals surface area (Å²) >= 11 is 0. The Hall–Kier alpha value is -2.68. The lowest BCUT2D eigenvalue weighted by molar-refractivity contribution is 0.0894. The molecule has 3 rings (SSSR count). The summed E-state index contributed by atoms with van der Waals surface area (Å²) in [4.78, 5) is 0. The number of aliphatic hydroxyl groups excluding tert-OH is 1. The Bertz CT molecular complexity index is 854. The zero-order valence-corrected chi connectivity index (χ0v) is 19.9. The van der Waals surface area contributed by atoms with Gasteiger partial charge in [-0.15, -0.1) is 0 Å². The van der Waals surface area contributed by atoms with Gasteiger partial charge < -0.3 is 39.4 Å². The molecule has 2 unspecified atom stereocenters. The van der Waals surface area contributed by atoms with Gasteiger partial charge in [-0.1, -0.05) is 26.0 Å². The smallest absolute Gasteiger partial charge is 0.203 e. The Labute approximate surface area is 196 Å². The molecule has 1 heterocycles. The highest BCUT2D eigenvalue weighted by atomic mass is 16.6. The normalized spacial score (nSPS) is 15.9. The number of aliphatic hydroxyl groups is 1. The van der Waals surface area contributed by atoms with Gasteiger partial charge in [0.15, 0.2) is 23.0 Å². The van der Waals surface area contributed by atoms with E-state index in [9.17, 15) is 5.11 Å². The van der Waals surface area contributed by atoms with Crippen LogP contribution in [0, 0.1) is 0 Å². The van der Waals surface area contributed by atoms with E-state index in [2.05, 4.69) is 24.5 Å². The maximum absolute atomic E-state index is 10.2. The van der Waals surface area contributed by atoms with E-state index >= 15 is 0 Å². The van der Waals surface area contributed by atoms with E-state index < -0.39 is 6.10 Å². The van der Waals surface area contributed by atoms with Crippen LogP contribution in [0.1, 0.15) is 19.4 Å². The van der Waals surface area contributed by atoms with Crippen LogP contribution in [0.3, 0.4) is 0 Å². The van der Waals surface area contributed by atoms with Crippen LogP contribution >= 0.6 is 0 Å². The molecule has 0 bridgehead atoms. The van der Waals surface area contributed by atoms with Crippen LogP contribution in [0.25, 0.3) is 0 Å². The molecule has 182 valence electrons. The van der Waals surface area contributed by atoms with Crippen molar-refractivity contribution in [2.24, 2.45) is 0 Å². The predicted octanol–water partition coefficient (Wildman–Crippen LogP) is 2.41. The van der Waals surface area contributed by atoms with E-state index in [-0.39, 0.29) is 6.10 Å². The van der Waals surface area contributed by atoms with Crippen molar-refractivity contribution in [2.75, 3.05) is 47.1 Å². The Kier molecular flexibility index (Phi) is 9.47. The minimum Gasteiger partial charge on any atom is -0.493 e. The number of rotatable bonds is 13. The zero-order chi connectivity index (χ0) is 23.6. The summed E-state index contributed by atoms with van der Waals surface area (Å²) in [5.41, 5.74) is 1.02. The lowest BCUT2D eigenvalue weighted by atomic mass is 10.1. The van der Waals surface area contributed by atoms with Crippen molar-refractivity contribution in [3.05, 3.63) is 42.0 Å². The fraction of sp³-hybridized carbons (Fsp3) is 0.520. The van der Waals surface area contributed by atoms with Gasteiger partial charge in [0.1, 0.15) is 19.3 Å². The summed E-state index contributed by atoms with van der Waals surface area (Å²) in [6, 6.07) is 11.7. The van der Waals surface area contributed by atoms with E-state index in [0.29, 0.717) is 62.6 Å². The molecule has 0 aromatic heterocycles. The third-order valence-electron chi connectivity index (χ3n) is 5.24. The second-order valence-electron chi connectivity index (χ2n) is 8.30. The topological polar surface area (TPSA) is 90.4 Å². The highest BCUT2D eigenvalue weighted by Gasteiger charge is 2.21. The minimum atomic E-state index is -0.440. The highest BCUT2D eigenvalue weighted by molar-refractivity contribution is 5.51. The average molecular weight is 461 g/mol. The summed E-state index contributed by atoms with van der Waals surface area (Å²) < 4.78 is 28.5. The van der Waals surface area contributed by atoms with Gasteiger partial charge >= 0.3 is 0 Å². The van der Waals surface area contributed by atoms with Crippen molar-refractivity contribution in [3.8, 4) is 28.7 Å². The van der Waals surface area contributed by atoms with Crippen LogP contribution in [0.4, 0.5) is 0 Å². The van der Waals surface area contributed by atoms with Gasteiger partial charge in [-0.05, 0) is 36.2 Å². The number of fused-ring (bicyclic) bond motifs is 1. The number of para-hydroxylation sites is 1. The summed E-state index contributed by atoms with van der Waals surface area (Å²) in [6.07, 6.45) is 0.0353. The fourth-order valence-corrected chi connectivity index (χ4v) is 3.55. The predicted molar refractivity (Wildman–Crippen MR) is 127 cm³/mol. The van der Waals surface area contributed by atoms with Crippen molar-refractivity contribution >= 4 is 0 Å². The molecule has 8 nitrogen and oxygen atoms in total. The van der Waals surface area contributed by atoms with Gasteiger partial charge in [0.2, 0.25) is 5.75 Å². The zero-order valence-electron chi connectivity index (χ0n) is 19.9. The van der Waals surface area contributed by atoms with Crippen molar-refractivity contribution in [2.45, 2.75) is 38.5 Å². The van der Waals surface area contributed by atoms with E-state index in [1.165, 1.54) is 0 Å². The first kappa shape index (κ1) is 25.0. The fourth-order valence-electron chi connectivity index (χ4n) is 3.55. The second kappa shape index (κ2) is 12.5. The molecule has 0 fully saturated rings. The van der Waals surface area contributed by atoms with E-state index in [1.807, 2.05) is 36.4 Å². The van der Waals surface area contributed by atoms with Crippen LogP contribution in [0.5, 0.6) is 28.7 Å². The molecule has 1 aliphatic heterocycles. The highest BCUT2D eigenvalue weighted by Crippen LogP contribution is 2.36. The molecule has 3 N–H and O–H groups in total. The maximum atomic E-state index is 10.2. The van der Waals surface area contributed by atoms with Gasteiger partial charge in [0.05, 0.1) is 20.3 Å². The molecule has 1 aliphatic rings. The summed E-state index contributed by atoms with van der Waals surface area (Å²) in [5.74, 6) is 3.31. The summed E-state index contributed by atoms with van der Waals surface area (Å²) in [6.45, 7) is 6.87. The third kappa shape index (κ3) is 7.42. The molecule has 8 heteroatoms. The first-order chi connectivity index (χ1) is 16.0. The van der Waals surface area contributed by atoms with Crippen molar-refractivity contribution < 1.29 is 28.8 Å². The average Bonchev–Trinajstić information content (AvgIpc) is 2.82. The van der Waals surface area contributed by atoms with E-state index in [4.69, 9.17) is 23.7 Å². The number of hydrogen-bond acceptors (Lipinski definition) is 8. The summed E-state index contributed by atoms with van der Waals surface area (Å²) in [7, 11) is 3.21. The molecule has 33 heavy (non-hydrogen) atoms. The first-order valence-electron chi connectivity index (χ1n) is 11.4. The summed E-state index contributed by atoms with van der Waals surface area (Å²) in [5, 5.41) is 16.8. The SMILES string of the molecule is COc1cccc(OC)c1OCCNCC1COc2cc(CC(O)CNC(C)C)ccc2O1. The Morgan fingerprint density at radius 3 is 2.55 bits per heavy atom. The Morgan fingerprint density at radius 1 is 1.09 bits per heavy atom. The molecule has 0 spiro atoms. The molecule has 2 atom stereocenters. The minimum absolute atomic E-state index is 0.0926. The van der Waals surface area contributed by atoms with Crippen molar-refractivity contribution in [1.29, 1.82) is 0 Å². The van der Waals surface area contributed by atoms with Crippen LogP contribution < -0.4 is 34.3 Å². The number of hydrogen-bond donors (Lipinski definition) is 3. The molecule has 2 aromatic carbocycles. The quantitative estimate of drug-likeness (QED) is 0.393. The molecular weight excluding hydrogens is 424 g/mol. The number of ether oxygens (including phenoxy) is 5.